The number of nitrogens with zero attached hydrogens (tertiary/aromatic N) is 2. The molecule has 0 amide bonds. The molecule has 1 aromatic rings. The molecule has 0 spiro atoms. The van der Waals surface area contributed by atoms with Gasteiger partial charge in [-0.1, -0.05) is 6.07 Å². The van der Waals surface area contributed by atoms with Crippen LogP contribution in [0.4, 0.5) is 5.69 Å². The van der Waals surface area contributed by atoms with E-state index in [0.29, 0.717) is 5.69 Å². The number of nitrogen functional groups attached to an aromatic ring is 1. The highest BCUT2D eigenvalue weighted by atomic mass is 33.1. The van der Waals surface area contributed by atoms with Crippen LogP contribution >= 0.6 is 20.7 Å². The van der Waals surface area contributed by atoms with Crippen molar-refractivity contribution in [2.45, 2.75) is 5.75 Å². The fourth-order valence-corrected chi connectivity index (χ4v) is 3.47. The molecule has 1 aromatic carbocycles. The van der Waals surface area contributed by atoms with E-state index in [1.54, 1.807) is 18.2 Å². The van der Waals surface area contributed by atoms with Crippen LogP contribution in [0.1, 0.15) is 5.56 Å². The minimum Gasteiger partial charge on any atom is -0.497 e. The summed E-state index contributed by atoms with van der Waals surface area (Å²) in [7, 11) is 0.313. The van der Waals surface area contributed by atoms with Gasteiger partial charge in [-0.2, -0.15) is 10.2 Å². The van der Waals surface area contributed by atoms with Crippen molar-refractivity contribution in [3.05, 3.63) is 23.8 Å². The highest BCUT2D eigenvalue weighted by molar-refractivity contribution is 8.98. The molecule has 1 aliphatic rings. The molecule has 0 aromatic heterocycles. The lowest BCUT2D eigenvalue weighted by Gasteiger charge is -2.22. The van der Waals surface area contributed by atoms with Crippen molar-refractivity contribution in [2.75, 3.05) is 12.8 Å². The Hall–Kier alpha value is -1.14. The van der Waals surface area contributed by atoms with Gasteiger partial charge < -0.3 is 10.5 Å². The van der Waals surface area contributed by atoms with Crippen LogP contribution in [0.5, 0.6) is 5.75 Å². The second kappa shape index (κ2) is 4.39. The molecule has 1 aliphatic heterocycles. The predicted octanol–water partition coefficient (Wildman–Crippen LogP) is 2.41. The summed E-state index contributed by atoms with van der Waals surface area (Å²) in [6.07, 6.45) is 0. The standard InChI is InChI=1S/C10H13N3OS2/c1-14-9-3-2-8(10(11)4-9)5-16(15)6-12-13-7-16/h2-4,6-7,15H,5,11H2,1H3. The van der Waals surface area contributed by atoms with Gasteiger partial charge in [-0.05, 0) is 11.6 Å². The largest absolute Gasteiger partial charge is 0.497 e. The summed E-state index contributed by atoms with van der Waals surface area (Å²) in [5, 5.41) is 7.67. The van der Waals surface area contributed by atoms with Crippen molar-refractivity contribution in [2.24, 2.45) is 10.2 Å². The van der Waals surface area contributed by atoms with Gasteiger partial charge in [-0.15, -0.1) is 20.7 Å². The van der Waals surface area contributed by atoms with E-state index in [1.165, 1.54) is 0 Å². The molecule has 0 radical (unpaired) electrons. The number of ether oxygens (including phenoxy) is 1. The number of hydrogen-bond acceptors (Lipinski definition) is 5. The van der Waals surface area contributed by atoms with Crippen LogP contribution in [0.15, 0.2) is 28.4 Å². The molecule has 0 saturated heterocycles. The molecule has 0 fully saturated rings. The van der Waals surface area contributed by atoms with E-state index in [2.05, 4.69) is 21.9 Å². The first kappa shape index (κ1) is 11.3. The van der Waals surface area contributed by atoms with Crippen molar-refractivity contribution in [3.8, 4) is 5.75 Å². The van der Waals surface area contributed by atoms with E-state index in [-0.39, 0.29) is 0 Å². The number of thiol groups is 1. The highest BCUT2D eigenvalue weighted by Crippen LogP contribution is 2.53. The van der Waals surface area contributed by atoms with E-state index in [9.17, 15) is 0 Å². The molecule has 2 rings (SSSR count). The Balaban J connectivity index is 2.22. The van der Waals surface area contributed by atoms with Crippen LogP contribution in [0.25, 0.3) is 0 Å². The summed E-state index contributed by atoms with van der Waals surface area (Å²) in [6, 6.07) is 5.67. The lowest BCUT2D eigenvalue weighted by Crippen LogP contribution is -2.00. The first-order valence-corrected chi connectivity index (χ1v) is 7.63. The summed E-state index contributed by atoms with van der Waals surface area (Å²) < 4.78 is 5.10. The van der Waals surface area contributed by atoms with Gasteiger partial charge >= 0.3 is 0 Å². The Morgan fingerprint density at radius 2 is 2.06 bits per heavy atom. The fourth-order valence-electron chi connectivity index (χ4n) is 1.40. The van der Waals surface area contributed by atoms with Gasteiger partial charge in [0.15, 0.2) is 0 Å². The van der Waals surface area contributed by atoms with Gasteiger partial charge in [-0.3, -0.25) is 0 Å². The number of methoxy groups -OCH3 is 1. The summed E-state index contributed by atoms with van der Waals surface area (Å²) in [4.78, 5) is 0. The van der Waals surface area contributed by atoms with Gasteiger partial charge in [0, 0.05) is 17.5 Å². The summed E-state index contributed by atoms with van der Waals surface area (Å²) in [6.45, 7) is 0. The van der Waals surface area contributed by atoms with E-state index >= 15 is 0 Å². The highest BCUT2D eigenvalue weighted by Gasteiger charge is 2.20. The smallest absolute Gasteiger partial charge is 0.120 e. The number of anilines is 1. The lowest BCUT2D eigenvalue weighted by molar-refractivity contribution is 0.415. The normalized spacial score (nSPS) is 18.6. The Bertz CT molecular complexity index is 447. The molecule has 0 saturated carbocycles. The average Bonchev–Trinajstić information content (AvgIpc) is 2.68. The Kier molecular flexibility index (Phi) is 3.11. The molecular weight excluding hydrogens is 242 g/mol. The van der Waals surface area contributed by atoms with Crippen LogP contribution in [-0.4, -0.2) is 18.2 Å². The maximum absolute atomic E-state index is 5.94. The second-order valence-corrected chi connectivity index (χ2v) is 7.83. The van der Waals surface area contributed by atoms with E-state index in [0.717, 1.165) is 17.1 Å². The maximum atomic E-state index is 5.94. The first-order chi connectivity index (χ1) is 7.63. The molecule has 6 heteroatoms. The van der Waals surface area contributed by atoms with Gasteiger partial charge in [0.2, 0.25) is 0 Å². The number of benzene rings is 1. The lowest BCUT2D eigenvalue weighted by atomic mass is 10.2. The molecule has 0 unspecified atom stereocenters. The van der Waals surface area contributed by atoms with E-state index in [1.807, 2.05) is 18.2 Å². The first-order valence-electron chi connectivity index (χ1n) is 4.65. The van der Waals surface area contributed by atoms with Gasteiger partial charge in [0.05, 0.1) is 18.2 Å². The van der Waals surface area contributed by atoms with Crippen molar-refractivity contribution in [3.63, 3.8) is 0 Å². The maximum Gasteiger partial charge on any atom is 0.120 e. The molecule has 0 atom stereocenters. The minimum absolute atomic E-state index is 0.717. The van der Waals surface area contributed by atoms with Crippen LogP contribution < -0.4 is 10.5 Å². The van der Waals surface area contributed by atoms with Gasteiger partial charge in [0.1, 0.15) is 5.75 Å². The Morgan fingerprint density at radius 3 is 2.62 bits per heavy atom. The molecule has 0 bridgehead atoms. The molecule has 16 heavy (non-hydrogen) atoms. The third-order valence-corrected chi connectivity index (χ3v) is 4.91. The van der Waals surface area contributed by atoms with Crippen molar-refractivity contribution in [1.82, 2.24) is 0 Å². The van der Waals surface area contributed by atoms with Gasteiger partial charge in [0.25, 0.3) is 0 Å². The Labute approximate surface area is 101 Å². The van der Waals surface area contributed by atoms with Crippen LogP contribution in [0.3, 0.4) is 0 Å². The second-order valence-electron chi connectivity index (χ2n) is 3.46. The molecule has 2 N–H and O–H groups in total. The average molecular weight is 255 g/mol. The topological polar surface area (TPSA) is 60.0 Å². The molecule has 1 heterocycles. The third-order valence-electron chi connectivity index (χ3n) is 2.27. The number of rotatable bonds is 3. The van der Waals surface area contributed by atoms with Gasteiger partial charge in [-0.25, -0.2) is 0 Å². The van der Waals surface area contributed by atoms with Crippen molar-refractivity contribution in [1.29, 1.82) is 0 Å². The number of hydrogen-bond donors (Lipinski definition) is 2. The van der Waals surface area contributed by atoms with Crippen LogP contribution in [-0.2, 0) is 5.75 Å². The minimum atomic E-state index is -1.31. The SMILES string of the molecule is COc1ccc(CS2(S)C=NN=C2)c(N)c1. The molecular formula is C10H13N3OS2. The summed E-state index contributed by atoms with van der Waals surface area (Å²) in [5.74, 6) is 1.51. The number of nitrogens with two attached hydrogens (primary N) is 1. The quantitative estimate of drug-likeness (QED) is 0.495. The Morgan fingerprint density at radius 1 is 1.38 bits per heavy atom. The summed E-state index contributed by atoms with van der Waals surface area (Å²) >= 11 is 4.59. The zero-order valence-electron chi connectivity index (χ0n) is 8.83. The van der Waals surface area contributed by atoms with E-state index < -0.39 is 9.06 Å². The fraction of sp³-hybridized carbons (Fsp3) is 0.200. The van der Waals surface area contributed by atoms with Crippen LogP contribution in [0, 0.1) is 0 Å². The molecule has 0 aliphatic carbocycles. The van der Waals surface area contributed by atoms with E-state index in [4.69, 9.17) is 10.5 Å². The van der Waals surface area contributed by atoms with Crippen LogP contribution in [0.2, 0.25) is 0 Å². The van der Waals surface area contributed by atoms with Crippen molar-refractivity contribution < 1.29 is 4.74 Å². The molecule has 86 valence electrons. The predicted molar refractivity (Wildman–Crippen MR) is 74.7 cm³/mol. The zero-order valence-corrected chi connectivity index (χ0v) is 10.5. The zero-order chi connectivity index (χ0) is 11.6. The monoisotopic (exact) mass is 255 g/mol. The third kappa shape index (κ3) is 2.33. The molecule has 4 nitrogen and oxygen atoms in total. The summed E-state index contributed by atoms with van der Waals surface area (Å²) in [5.41, 5.74) is 11.3. The van der Waals surface area contributed by atoms with Crippen molar-refractivity contribution >= 4 is 37.5 Å².